The van der Waals surface area contributed by atoms with Gasteiger partial charge >= 0.3 is 12.1 Å². The van der Waals surface area contributed by atoms with Crippen LogP contribution in [0.3, 0.4) is 0 Å². The average Bonchev–Trinajstić information content (AvgIpc) is 3.82. The maximum absolute atomic E-state index is 13.1. The predicted octanol–water partition coefficient (Wildman–Crippen LogP) is 5.47. The third-order valence-electron chi connectivity index (χ3n) is 8.44. The summed E-state index contributed by atoms with van der Waals surface area (Å²) >= 11 is 1.51. The Kier molecular flexibility index (Phi) is 10.4. The molecule has 0 spiro atoms. The highest BCUT2D eigenvalue weighted by atomic mass is 32.2. The molecular weight excluding hydrogens is 647 g/mol. The van der Waals surface area contributed by atoms with Gasteiger partial charge in [-0.25, -0.2) is 4.98 Å². The normalized spacial score (nSPS) is 21.3. The number of carbonyl (C=O) groups excluding carboxylic acids is 2. The van der Waals surface area contributed by atoms with Gasteiger partial charge in [-0.15, -0.1) is 0 Å². The molecule has 0 saturated carbocycles. The number of ether oxygens (including phenoxy) is 2. The van der Waals surface area contributed by atoms with Gasteiger partial charge in [0.05, 0.1) is 18.8 Å². The largest absolute Gasteiger partial charge is 0.471 e. The molecule has 252 valence electrons. The van der Waals surface area contributed by atoms with E-state index in [4.69, 9.17) is 9.47 Å². The number of aliphatic hydroxyl groups excluding tert-OH is 1. The first-order valence-corrected chi connectivity index (χ1v) is 16.5. The van der Waals surface area contributed by atoms with E-state index < -0.39 is 30.3 Å². The van der Waals surface area contributed by atoms with Gasteiger partial charge in [0.25, 0.3) is 0 Å². The van der Waals surface area contributed by atoms with Gasteiger partial charge in [0.15, 0.2) is 11.4 Å². The first kappa shape index (κ1) is 33.7. The average molecular weight is 682 g/mol. The zero-order chi connectivity index (χ0) is 33.7. The fourth-order valence-corrected chi connectivity index (χ4v) is 6.78. The fraction of sp³-hybridized carbons (Fsp3) is 0.353. The van der Waals surface area contributed by atoms with E-state index in [1.54, 1.807) is 0 Å². The molecule has 10 nitrogen and oxygen atoms in total. The number of benzene rings is 3. The lowest BCUT2D eigenvalue weighted by Crippen LogP contribution is -2.50. The van der Waals surface area contributed by atoms with Crippen LogP contribution < -0.4 is 5.32 Å². The lowest BCUT2D eigenvalue weighted by molar-refractivity contribution is -0.245. The van der Waals surface area contributed by atoms with Crippen molar-refractivity contribution in [3.8, 4) is 11.1 Å². The van der Waals surface area contributed by atoms with Crippen LogP contribution in [-0.2, 0) is 32.2 Å². The highest BCUT2D eigenvalue weighted by Crippen LogP contribution is 2.40. The number of nitrogens with zero attached hydrogens (tertiary/aromatic N) is 3. The zero-order valence-corrected chi connectivity index (χ0v) is 26.5. The van der Waals surface area contributed by atoms with Crippen molar-refractivity contribution in [3.63, 3.8) is 0 Å². The molecule has 2 amide bonds. The van der Waals surface area contributed by atoms with Crippen LogP contribution in [0.15, 0.2) is 84.3 Å². The van der Waals surface area contributed by atoms with Crippen LogP contribution in [0.1, 0.15) is 53.9 Å². The second-order valence-electron chi connectivity index (χ2n) is 11.6. The molecule has 3 aromatic carbocycles. The lowest BCUT2D eigenvalue weighted by Gasteiger charge is -2.36. The van der Waals surface area contributed by atoms with Crippen molar-refractivity contribution in [2.24, 2.45) is 0 Å². The van der Waals surface area contributed by atoms with Crippen LogP contribution in [0.25, 0.3) is 11.1 Å². The van der Waals surface area contributed by atoms with Crippen LogP contribution >= 0.6 is 11.8 Å². The molecule has 2 fully saturated rings. The number of aromatic nitrogens is 3. The Bertz CT molecular complexity index is 1690. The Morgan fingerprint density at radius 3 is 2.48 bits per heavy atom. The number of aromatic amines is 1. The van der Waals surface area contributed by atoms with Gasteiger partial charge in [-0.2, -0.15) is 18.3 Å². The summed E-state index contributed by atoms with van der Waals surface area (Å²) < 4.78 is 52.0. The molecule has 6 rings (SSSR count). The maximum atomic E-state index is 13.1. The van der Waals surface area contributed by atoms with E-state index in [9.17, 15) is 27.9 Å². The summed E-state index contributed by atoms with van der Waals surface area (Å²) in [6.45, 7) is -0.0685. The fourth-order valence-electron chi connectivity index (χ4n) is 5.98. The molecule has 3 N–H and O–H groups in total. The van der Waals surface area contributed by atoms with Crippen LogP contribution in [0.5, 0.6) is 0 Å². The monoisotopic (exact) mass is 681 g/mol. The summed E-state index contributed by atoms with van der Waals surface area (Å²) in [6, 6.07) is 21.7. The summed E-state index contributed by atoms with van der Waals surface area (Å²) in [5, 5.41) is 19.7. The molecule has 0 bridgehead atoms. The van der Waals surface area contributed by atoms with E-state index in [0.717, 1.165) is 33.4 Å². The lowest BCUT2D eigenvalue weighted by atomic mass is 9.97. The van der Waals surface area contributed by atoms with E-state index in [2.05, 4.69) is 20.5 Å². The number of H-pyrrole nitrogens is 1. The molecule has 2 saturated heterocycles. The molecule has 0 unspecified atom stereocenters. The number of aliphatic hydroxyl groups is 1. The first-order chi connectivity index (χ1) is 23.2. The molecule has 48 heavy (non-hydrogen) atoms. The van der Waals surface area contributed by atoms with Gasteiger partial charge in [0.2, 0.25) is 5.91 Å². The Balaban J connectivity index is 1.15. The predicted molar refractivity (Wildman–Crippen MR) is 170 cm³/mol. The molecule has 0 aliphatic carbocycles. The molecule has 3 heterocycles. The Morgan fingerprint density at radius 1 is 1.02 bits per heavy atom. The number of hydrogen-bond acceptors (Lipinski definition) is 8. The Morgan fingerprint density at radius 2 is 1.77 bits per heavy atom. The molecule has 4 atom stereocenters. The third kappa shape index (κ3) is 7.89. The van der Waals surface area contributed by atoms with E-state index in [0.29, 0.717) is 28.7 Å². The van der Waals surface area contributed by atoms with Crippen molar-refractivity contribution < 1.29 is 37.3 Å². The van der Waals surface area contributed by atoms with Crippen molar-refractivity contribution in [2.75, 3.05) is 12.3 Å². The van der Waals surface area contributed by atoms with E-state index in [-0.39, 0.29) is 38.3 Å². The van der Waals surface area contributed by atoms with Gasteiger partial charge in [0.1, 0.15) is 12.4 Å². The zero-order valence-electron chi connectivity index (χ0n) is 25.7. The highest BCUT2D eigenvalue weighted by molar-refractivity contribution is 7.99. The SMILES string of the molecule is O=C(NCc1ccccc1-c1ccc([C@H]2O[C@@H](CSc3ncn[nH]3)C[C@@H](c3ccc(CO)cc3)O2)cc1)[C@@H]1CCCN1C(=O)C(F)(F)F. The first-order valence-electron chi connectivity index (χ1n) is 15.5. The van der Waals surface area contributed by atoms with Crippen LogP contribution in [0.4, 0.5) is 13.2 Å². The number of carbonyl (C=O) groups is 2. The number of amides is 2. The molecular formula is C34H34F3N5O5S. The van der Waals surface area contributed by atoms with Crippen LogP contribution in [-0.4, -0.2) is 67.6 Å². The minimum Gasteiger partial charge on any atom is -0.392 e. The van der Waals surface area contributed by atoms with Crippen molar-refractivity contribution >= 4 is 23.6 Å². The van der Waals surface area contributed by atoms with Crippen LogP contribution in [0, 0.1) is 0 Å². The second kappa shape index (κ2) is 14.9. The molecule has 14 heteroatoms. The summed E-state index contributed by atoms with van der Waals surface area (Å²) in [5.41, 5.74) is 5.08. The topological polar surface area (TPSA) is 130 Å². The van der Waals surface area contributed by atoms with E-state index in [1.807, 2.05) is 72.8 Å². The van der Waals surface area contributed by atoms with Crippen LogP contribution in [0.2, 0.25) is 0 Å². The smallest absolute Gasteiger partial charge is 0.392 e. The molecule has 1 aromatic heterocycles. The standard InChI is InChI=1S/C34H34F3N5O5S/c35-34(36,37)32(45)42-15-3-6-28(42)30(44)38-17-25-4-1-2-5-27(25)22-11-13-24(14-12-22)31-46-26(19-48-33-39-20-40-41-33)16-29(47-31)23-9-7-21(18-43)8-10-23/h1-2,4-5,7-14,20,26,28-29,31,43H,3,6,15-19H2,(H,38,44)(H,39,40,41)/t26-,28+,29+,31+/m1/s1. The number of likely N-dealkylation sites (tertiary alicyclic amines) is 1. The number of nitrogens with one attached hydrogen (secondary N) is 2. The minimum atomic E-state index is -5.03. The highest BCUT2D eigenvalue weighted by Gasteiger charge is 2.47. The quantitative estimate of drug-likeness (QED) is 0.188. The second-order valence-corrected chi connectivity index (χ2v) is 12.6. The van der Waals surface area contributed by atoms with E-state index >= 15 is 0 Å². The Labute approximate surface area is 279 Å². The van der Waals surface area contributed by atoms with E-state index in [1.165, 1.54) is 18.1 Å². The van der Waals surface area contributed by atoms with Gasteiger partial charge < -0.3 is 24.8 Å². The molecule has 2 aliphatic rings. The minimum absolute atomic E-state index is 0.0437. The number of rotatable bonds is 10. The number of alkyl halides is 3. The van der Waals surface area contributed by atoms with Gasteiger partial charge in [-0.1, -0.05) is 84.6 Å². The molecule has 2 aliphatic heterocycles. The summed E-state index contributed by atoms with van der Waals surface area (Å²) in [4.78, 5) is 29.5. The van der Waals surface area contributed by atoms with Gasteiger partial charge in [0, 0.05) is 30.8 Å². The van der Waals surface area contributed by atoms with Crippen molar-refractivity contribution in [1.29, 1.82) is 0 Å². The van der Waals surface area contributed by atoms with Crippen molar-refractivity contribution in [2.45, 2.75) is 68.3 Å². The molecule has 0 radical (unpaired) electrons. The molecule has 4 aromatic rings. The summed E-state index contributed by atoms with van der Waals surface area (Å²) in [7, 11) is 0. The number of hydrogen-bond donors (Lipinski definition) is 3. The summed E-state index contributed by atoms with van der Waals surface area (Å²) in [6.07, 6.45) is -3.50. The van der Waals surface area contributed by atoms with Gasteiger partial charge in [-0.3, -0.25) is 14.7 Å². The number of thioether (sulfide) groups is 1. The number of halogens is 3. The Hall–Kier alpha value is -4.24. The van der Waals surface area contributed by atoms with Crippen molar-refractivity contribution in [3.05, 3.63) is 101 Å². The van der Waals surface area contributed by atoms with Crippen molar-refractivity contribution in [1.82, 2.24) is 25.4 Å². The third-order valence-corrected chi connectivity index (χ3v) is 9.45. The van der Waals surface area contributed by atoms with Gasteiger partial charge in [-0.05, 0) is 40.7 Å². The maximum Gasteiger partial charge on any atom is 0.471 e. The summed E-state index contributed by atoms with van der Waals surface area (Å²) in [5.74, 6) is -1.98.